The van der Waals surface area contributed by atoms with Gasteiger partial charge in [-0.15, -0.1) is 0 Å². The van der Waals surface area contributed by atoms with Crippen molar-refractivity contribution < 1.29 is 4.79 Å². The predicted octanol–water partition coefficient (Wildman–Crippen LogP) is 3.67. The van der Waals surface area contributed by atoms with Crippen molar-refractivity contribution in [3.63, 3.8) is 0 Å². The van der Waals surface area contributed by atoms with Gasteiger partial charge in [-0.3, -0.25) is 4.79 Å². The van der Waals surface area contributed by atoms with E-state index in [1.807, 2.05) is 41.3 Å². The molecule has 0 unspecified atom stereocenters. The van der Waals surface area contributed by atoms with Crippen LogP contribution in [0, 0.1) is 5.92 Å². The average molecular weight is 341 g/mol. The number of likely N-dealkylation sites (tertiary alicyclic amines) is 1. The molecule has 1 amide bonds. The highest BCUT2D eigenvalue weighted by Crippen LogP contribution is 2.52. The smallest absolute Gasteiger partial charge is 0.226 e. The number of nitrogens with zero attached hydrogens (tertiary/aromatic N) is 1. The zero-order valence-corrected chi connectivity index (χ0v) is 14.2. The predicted molar refractivity (Wildman–Crippen MR) is 96.9 cm³/mol. The van der Waals surface area contributed by atoms with Crippen LogP contribution in [-0.4, -0.2) is 29.9 Å². The van der Waals surface area contributed by atoms with E-state index >= 15 is 0 Å². The molecule has 3 atom stereocenters. The van der Waals surface area contributed by atoms with E-state index in [9.17, 15) is 4.79 Å². The normalized spacial score (nSPS) is 25.2. The quantitative estimate of drug-likeness (QED) is 0.923. The van der Waals surface area contributed by atoms with E-state index < -0.39 is 0 Å². The number of carbonyl (C=O) groups is 1. The maximum absolute atomic E-state index is 12.7. The molecule has 2 aromatic carbocycles. The molecule has 1 aliphatic heterocycles. The molecule has 1 aliphatic carbocycles. The number of rotatable bonds is 4. The van der Waals surface area contributed by atoms with Crippen molar-refractivity contribution in [1.82, 2.24) is 4.90 Å². The van der Waals surface area contributed by atoms with Gasteiger partial charge in [-0.2, -0.15) is 0 Å². The molecule has 1 heterocycles. The molecule has 2 fully saturated rings. The highest BCUT2D eigenvalue weighted by atomic mass is 35.5. The van der Waals surface area contributed by atoms with Crippen LogP contribution in [0.2, 0.25) is 5.02 Å². The van der Waals surface area contributed by atoms with Crippen molar-refractivity contribution in [3.8, 4) is 11.1 Å². The Labute approximate surface area is 147 Å². The maximum atomic E-state index is 12.7. The van der Waals surface area contributed by atoms with Crippen LogP contribution >= 0.6 is 11.6 Å². The Hall–Kier alpha value is -1.84. The lowest BCUT2D eigenvalue weighted by molar-refractivity contribution is -0.140. The molecular weight excluding hydrogens is 320 g/mol. The van der Waals surface area contributed by atoms with Crippen LogP contribution in [0.15, 0.2) is 48.5 Å². The summed E-state index contributed by atoms with van der Waals surface area (Å²) in [4.78, 5) is 14.7. The fourth-order valence-corrected chi connectivity index (χ4v) is 3.98. The first kappa shape index (κ1) is 15.7. The first-order valence-corrected chi connectivity index (χ1v) is 8.93. The minimum Gasteiger partial charge on any atom is -0.338 e. The Morgan fingerprint density at radius 2 is 1.83 bits per heavy atom. The second kappa shape index (κ2) is 6.23. The van der Waals surface area contributed by atoms with E-state index in [1.165, 1.54) is 5.56 Å². The van der Waals surface area contributed by atoms with E-state index in [4.69, 9.17) is 17.3 Å². The van der Waals surface area contributed by atoms with Gasteiger partial charge in [0.05, 0.1) is 0 Å². The van der Waals surface area contributed by atoms with Crippen molar-refractivity contribution >= 4 is 17.5 Å². The number of amides is 1. The first-order chi connectivity index (χ1) is 11.7. The molecule has 1 saturated carbocycles. The average Bonchev–Trinajstić information content (AvgIpc) is 3.35. The van der Waals surface area contributed by atoms with Crippen molar-refractivity contribution in [2.75, 3.05) is 13.1 Å². The summed E-state index contributed by atoms with van der Waals surface area (Å²) in [5.74, 6) is 0.669. The van der Waals surface area contributed by atoms with Crippen LogP contribution in [0.5, 0.6) is 0 Å². The fourth-order valence-electron chi connectivity index (χ4n) is 3.75. The van der Waals surface area contributed by atoms with Crippen LogP contribution in [0.1, 0.15) is 24.3 Å². The standard InChI is InChI=1S/C20H21ClN2O/c21-19-8-4-3-7-16(19)14-5-1-2-6-15(14)17-11-18(17)20(24)23-10-9-13(23)12-22/h1-8,13,17-18H,9-12,22H2/t13-,17-,18+/m0/s1. The van der Waals surface area contributed by atoms with E-state index in [2.05, 4.69) is 12.1 Å². The van der Waals surface area contributed by atoms with Crippen molar-refractivity contribution in [1.29, 1.82) is 0 Å². The van der Waals surface area contributed by atoms with E-state index in [0.717, 1.165) is 35.5 Å². The number of hydrogen-bond acceptors (Lipinski definition) is 2. The maximum Gasteiger partial charge on any atom is 0.226 e. The summed E-state index contributed by atoms with van der Waals surface area (Å²) in [6.45, 7) is 1.43. The Balaban J connectivity index is 1.59. The summed E-state index contributed by atoms with van der Waals surface area (Å²) in [5, 5.41) is 0.749. The van der Waals surface area contributed by atoms with E-state index in [-0.39, 0.29) is 17.9 Å². The molecule has 4 heteroatoms. The van der Waals surface area contributed by atoms with Gasteiger partial charge in [-0.05, 0) is 36.0 Å². The van der Waals surface area contributed by atoms with Gasteiger partial charge in [0.2, 0.25) is 5.91 Å². The highest BCUT2D eigenvalue weighted by Gasteiger charge is 2.49. The van der Waals surface area contributed by atoms with Crippen molar-refractivity contribution in [2.24, 2.45) is 11.7 Å². The molecule has 0 aromatic heterocycles. The zero-order valence-electron chi connectivity index (χ0n) is 13.5. The number of carbonyl (C=O) groups excluding carboxylic acids is 1. The molecular formula is C20H21ClN2O. The molecule has 2 aliphatic rings. The number of halogens is 1. The molecule has 0 radical (unpaired) electrons. The molecule has 24 heavy (non-hydrogen) atoms. The molecule has 4 rings (SSSR count). The summed E-state index contributed by atoms with van der Waals surface area (Å²) < 4.78 is 0. The van der Waals surface area contributed by atoms with Crippen molar-refractivity contribution in [2.45, 2.75) is 24.8 Å². The van der Waals surface area contributed by atoms with Crippen LogP contribution in [0.3, 0.4) is 0 Å². The third-order valence-corrected chi connectivity index (χ3v) is 5.66. The van der Waals surface area contributed by atoms with Crippen molar-refractivity contribution in [3.05, 3.63) is 59.1 Å². The highest BCUT2D eigenvalue weighted by molar-refractivity contribution is 6.33. The summed E-state index contributed by atoms with van der Waals surface area (Å²) >= 11 is 6.39. The first-order valence-electron chi connectivity index (χ1n) is 8.55. The summed E-state index contributed by atoms with van der Waals surface area (Å²) in [7, 11) is 0. The van der Waals surface area contributed by atoms with Crippen LogP contribution in [-0.2, 0) is 4.79 Å². The Morgan fingerprint density at radius 3 is 2.50 bits per heavy atom. The van der Waals surface area contributed by atoms with E-state index in [0.29, 0.717) is 12.5 Å². The van der Waals surface area contributed by atoms with Gasteiger partial charge >= 0.3 is 0 Å². The Kier molecular flexibility index (Phi) is 4.07. The monoisotopic (exact) mass is 340 g/mol. The van der Waals surface area contributed by atoms with Gasteiger partial charge in [0.15, 0.2) is 0 Å². The summed E-state index contributed by atoms with van der Waals surface area (Å²) in [5.41, 5.74) is 9.15. The largest absolute Gasteiger partial charge is 0.338 e. The van der Waals surface area contributed by atoms with Crippen LogP contribution in [0.4, 0.5) is 0 Å². The van der Waals surface area contributed by atoms with Gasteiger partial charge < -0.3 is 10.6 Å². The molecule has 124 valence electrons. The second-order valence-corrected chi connectivity index (χ2v) is 7.13. The molecule has 2 aromatic rings. The van der Waals surface area contributed by atoms with E-state index in [1.54, 1.807) is 0 Å². The Bertz CT molecular complexity index is 774. The minimum absolute atomic E-state index is 0.1000. The van der Waals surface area contributed by atoms with Gasteiger partial charge in [0.1, 0.15) is 0 Å². The summed E-state index contributed by atoms with van der Waals surface area (Å²) in [6, 6.07) is 16.4. The van der Waals surface area contributed by atoms with Gasteiger partial charge in [0.25, 0.3) is 0 Å². The number of benzene rings is 2. The lowest BCUT2D eigenvalue weighted by Gasteiger charge is -2.40. The van der Waals surface area contributed by atoms with Gasteiger partial charge in [-0.25, -0.2) is 0 Å². The number of nitrogens with two attached hydrogens (primary N) is 1. The molecule has 0 spiro atoms. The summed E-state index contributed by atoms with van der Waals surface area (Å²) in [6.07, 6.45) is 1.96. The topological polar surface area (TPSA) is 46.3 Å². The zero-order chi connectivity index (χ0) is 16.7. The van der Waals surface area contributed by atoms with Crippen LogP contribution in [0.25, 0.3) is 11.1 Å². The number of hydrogen-bond donors (Lipinski definition) is 1. The van der Waals surface area contributed by atoms with Gasteiger partial charge in [-0.1, -0.05) is 54.1 Å². The third kappa shape index (κ3) is 2.62. The minimum atomic E-state index is 0.1000. The SMILES string of the molecule is NC[C@@H]1CCN1C(=O)[C@@H]1C[C@H]1c1ccccc1-c1ccccc1Cl. The third-order valence-electron chi connectivity index (χ3n) is 5.33. The lowest BCUT2D eigenvalue weighted by Crippen LogP contribution is -2.55. The van der Waals surface area contributed by atoms with Gasteiger partial charge in [0, 0.05) is 35.6 Å². The fraction of sp³-hybridized carbons (Fsp3) is 0.350. The Morgan fingerprint density at radius 1 is 1.12 bits per heavy atom. The van der Waals surface area contributed by atoms with Crippen LogP contribution < -0.4 is 5.73 Å². The molecule has 2 N–H and O–H groups in total. The second-order valence-electron chi connectivity index (χ2n) is 6.73. The lowest BCUT2D eigenvalue weighted by atomic mass is 9.95. The molecule has 1 saturated heterocycles. The molecule has 3 nitrogen and oxygen atoms in total. The molecule has 0 bridgehead atoms.